The van der Waals surface area contributed by atoms with Gasteiger partial charge < -0.3 is 19.9 Å². The lowest BCUT2D eigenvalue weighted by Gasteiger charge is -2.19. The second-order valence-electron chi connectivity index (χ2n) is 5.76. The molecule has 0 heterocycles. The van der Waals surface area contributed by atoms with E-state index in [-0.39, 0.29) is 13.2 Å². The fourth-order valence-corrected chi connectivity index (χ4v) is 1.72. The molecule has 6 nitrogen and oxygen atoms in total. The van der Waals surface area contributed by atoms with E-state index in [0.29, 0.717) is 5.56 Å². The van der Waals surface area contributed by atoms with Crippen molar-refractivity contribution in [3.63, 3.8) is 0 Å². The fourth-order valence-electron chi connectivity index (χ4n) is 1.72. The van der Waals surface area contributed by atoms with Crippen molar-refractivity contribution < 1.29 is 24.2 Å². The number of alkyl carbamates (subject to hydrolysis) is 1. The summed E-state index contributed by atoms with van der Waals surface area (Å²) < 4.78 is 9.91. The number of amides is 1. The molecule has 1 atom stereocenters. The van der Waals surface area contributed by atoms with E-state index >= 15 is 0 Å². The summed E-state index contributed by atoms with van der Waals surface area (Å²) in [4.78, 5) is 23.1. The molecule has 1 unspecified atom stereocenters. The van der Waals surface area contributed by atoms with Crippen molar-refractivity contribution in [1.82, 2.24) is 5.32 Å². The Morgan fingerprint density at radius 2 is 2.00 bits per heavy atom. The van der Waals surface area contributed by atoms with Crippen LogP contribution >= 0.6 is 0 Å². The van der Waals surface area contributed by atoms with Crippen molar-refractivity contribution in [2.75, 3.05) is 6.61 Å². The first kappa shape index (κ1) is 18.0. The first-order chi connectivity index (χ1) is 10.2. The number of hydrogen-bond donors (Lipinski definition) is 2. The largest absolute Gasteiger partial charge is 0.464 e. The molecule has 22 heavy (non-hydrogen) atoms. The van der Waals surface area contributed by atoms with Crippen LogP contribution in [0.15, 0.2) is 24.3 Å². The van der Waals surface area contributed by atoms with Crippen molar-refractivity contribution in [2.45, 2.75) is 45.9 Å². The van der Waals surface area contributed by atoms with Crippen molar-refractivity contribution >= 4 is 12.1 Å². The molecule has 0 aliphatic heterocycles. The van der Waals surface area contributed by atoms with Gasteiger partial charge in [-0.3, -0.25) is 0 Å². The summed E-state index contributed by atoms with van der Waals surface area (Å²) in [5.41, 5.74) is 0.597. The predicted molar refractivity (Wildman–Crippen MR) is 81.1 cm³/mol. The van der Waals surface area contributed by atoms with Crippen molar-refractivity contribution in [3.8, 4) is 0 Å². The maximum atomic E-state index is 11.6. The second kappa shape index (κ2) is 7.79. The van der Waals surface area contributed by atoms with E-state index in [1.54, 1.807) is 52.0 Å². The smallest absolute Gasteiger partial charge is 0.407 e. The van der Waals surface area contributed by atoms with Crippen LogP contribution < -0.4 is 5.32 Å². The molecule has 2 N–H and O–H groups in total. The van der Waals surface area contributed by atoms with Crippen LogP contribution in [-0.2, 0) is 20.8 Å². The van der Waals surface area contributed by atoms with E-state index in [1.807, 2.05) is 0 Å². The molecule has 1 aromatic rings. The highest BCUT2D eigenvalue weighted by Gasteiger charge is 2.19. The molecule has 1 amide bonds. The maximum absolute atomic E-state index is 11.6. The van der Waals surface area contributed by atoms with Crippen LogP contribution in [0.5, 0.6) is 0 Å². The van der Waals surface area contributed by atoms with Gasteiger partial charge in [-0.2, -0.15) is 0 Å². The van der Waals surface area contributed by atoms with Gasteiger partial charge in [-0.05, 0) is 38.8 Å². The minimum absolute atomic E-state index is 0.204. The van der Waals surface area contributed by atoms with Crippen LogP contribution in [0.3, 0.4) is 0 Å². The van der Waals surface area contributed by atoms with Crippen molar-refractivity contribution in [1.29, 1.82) is 0 Å². The quantitative estimate of drug-likeness (QED) is 0.815. The van der Waals surface area contributed by atoms with Crippen LogP contribution in [0, 0.1) is 0 Å². The number of carbonyl (C=O) groups excluding carboxylic acids is 2. The Kier molecular flexibility index (Phi) is 6.37. The highest BCUT2D eigenvalue weighted by atomic mass is 16.6. The molecule has 0 saturated heterocycles. The van der Waals surface area contributed by atoms with Gasteiger partial charge in [-0.25, -0.2) is 9.59 Å². The van der Waals surface area contributed by atoms with Gasteiger partial charge in [0.15, 0.2) is 6.10 Å². The van der Waals surface area contributed by atoms with E-state index in [9.17, 15) is 14.7 Å². The van der Waals surface area contributed by atoms with Crippen LogP contribution in [0.4, 0.5) is 4.79 Å². The second-order valence-corrected chi connectivity index (χ2v) is 5.76. The van der Waals surface area contributed by atoms with Gasteiger partial charge in [0.1, 0.15) is 5.60 Å². The Labute approximate surface area is 130 Å². The van der Waals surface area contributed by atoms with Gasteiger partial charge in [0.2, 0.25) is 0 Å². The third kappa shape index (κ3) is 6.13. The van der Waals surface area contributed by atoms with Gasteiger partial charge in [0, 0.05) is 6.54 Å². The first-order valence-corrected chi connectivity index (χ1v) is 7.13. The Morgan fingerprint density at radius 3 is 2.59 bits per heavy atom. The summed E-state index contributed by atoms with van der Waals surface area (Å²) in [5, 5.41) is 12.5. The molecule has 1 aromatic carbocycles. The standard InChI is InChI=1S/C16H23NO5/c1-5-21-14(19)13(18)12-8-6-7-11(9-12)10-17-15(20)22-16(2,3)4/h6-9,13,18H,5,10H2,1-4H3,(H,17,20). The zero-order valence-corrected chi connectivity index (χ0v) is 13.4. The van der Waals surface area contributed by atoms with Crippen LogP contribution in [0.25, 0.3) is 0 Å². The Balaban J connectivity index is 2.65. The molecule has 6 heteroatoms. The molecule has 0 aliphatic rings. The number of benzene rings is 1. The van der Waals surface area contributed by atoms with Gasteiger partial charge in [-0.15, -0.1) is 0 Å². The minimum Gasteiger partial charge on any atom is -0.464 e. The molecular weight excluding hydrogens is 286 g/mol. The van der Waals surface area contributed by atoms with E-state index in [2.05, 4.69) is 5.32 Å². The number of esters is 1. The average Bonchev–Trinajstić information content (AvgIpc) is 2.43. The van der Waals surface area contributed by atoms with Gasteiger partial charge >= 0.3 is 12.1 Å². The molecule has 0 saturated carbocycles. The lowest BCUT2D eigenvalue weighted by atomic mass is 10.1. The van der Waals surface area contributed by atoms with Crippen LogP contribution in [0.1, 0.15) is 44.9 Å². The van der Waals surface area contributed by atoms with Gasteiger partial charge in [0.25, 0.3) is 0 Å². The summed E-state index contributed by atoms with van der Waals surface area (Å²) in [6, 6.07) is 6.74. The normalized spacial score (nSPS) is 12.4. The van der Waals surface area contributed by atoms with Crippen LogP contribution in [-0.4, -0.2) is 29.4 Å². The number of aliphatic hydroxyl groups is 1. The lowest BCUT2D eigenvalue weighted by molar-refractivity contribution is -0.153. The number of hydrogen-bond acceptors (Lipinski definition) is 5. The molecule has 1 rings (SSSR count). The zero-order chi connectivity index (χ0) is 16.8. The third-order valence-corrected chi connectivity index (χ3v) is 2.61. The molecule has 0 spiro atoms. The van der Waals surface area contributed by atoms with E-state index in [0.717, 1.165) is 5.56 Å². The van der Waals surface area contributed by atoms with Crippen molar-refractivity contribution in [2.24, 2.45) is 0 Å². The van der Waals surface area contributed by atoms with Gasteiger partial charge in [-0.1, -0.05) is 24.3 Å². The Hall–Kier alpha value is -2.08. The van der Waals surface area contributed by atoms with Crippen LogP contribution in [0.2, 0.25) is 0 Å². The third-order valence-electron chi connectivity index (χ3n) is 2.61. The molecule has 122 valence electrons. The summed E-state index contributed by atoms with van der Waals surface area (Å²) in [6.07, 6.45) is -1.86. The highest BCUT2D eigenvalue weighted by Crippen LogP contribution is 2.16. The molecule has 0 aromatic heterocycles. The number of carbonyl (C=O) groups is 2. The highest BCUT2D eigenvalue weighted by molar-refractivity contribution is 5.76. The number of ether oxygens (including phenoxy) is 2. The maximum Gasteiger partial charge on any atom is 0.407 e. The molecule has 0 bridgehead atoms. The first-order valence-electron chi connectivity index (χ1n) is 7.13. The summed E-state index contributed by atoms with van der Waals surface area (Å²) in [6.45, 7) is 7.45. The SMILES string of the molecule is CCOC(=O)C(O)c1cccc(CNC(=O)OC(C)(C)C)c1. The fraction of sp³-hybridized carbons (Fsp3) is 0.500. The predicted octanol–water partition coefficient (Wildman–Crippen LogP) is 2.31. The Bertz CT molecular complexity index is 522. The number of aliphatic hydroxyl groups excluding tert-OH is 1. The molecular formula is C16H23NO5. The molecule has 0 fully saturated rings. The van der Waals surface area contributed by atoms with E-state index in [4.69, 9.17) is 9.47 Å². The topological polar surface area (TPSA) is 84.9 Å². The number of nitrogens with one attached hydrogen (secondary N) is 1. The van der Waals surface area contributed by atoms with Crippen molar-refractivity contribution in [3.05, 3.63) is 35.4 Å². The number of rotatable bonds is 5. The average molecular weight is 309 g/mol. The Morgan fingerprint density at radius 1 is 1.32 bits per heavy atom. The summed E-state index contributed by atoms with van der Waals surface area (Å²) >= 11 is 0. The lowest BCUT2D eigenvalue weighted by Crippen LogP contribution is -2.32. The van der Waals surface area contributed by atoms with Gasteiger partial charge in [0.05, 0.1) is 6.61 Å². The van der Waals surface area contributed by atoms with E-state index in [1.165, 1.54) is 0 Å². The summed E-state index contributed by atoms with van der Waals surface area (Å²) in [7, 11) is 0. The van der Waals surface area contributed by atoms with E-state index < -0.39 is 23.8 Å². The minimum atomic E-state index is -1.33. The molecule has 0 radical (unpaired) electrons. The summed E-state index contributed by atoms with van der Waals surface area (Å²) in [5.74, 6) is -0.695. The monoisotopic (exact) mass is 309 g/mol. The molecule has 0 aliphatic carbocycles. The zero-order valence-electron chi connectivity index (χ0n) is 13.4.